The number of sulfonamides is 1. The highest BCUT2D eigenvalue weighted by atomic mass is 35.5. The average Bonchev–Trinajstić information content (AvgIpc) is 3.16. The molecule has 0 aliphatic heterocycles. The van der Waals surface area contributed by atoms with Gasteiger partial charge in [-0.25, -0.2) is 22.9 Å². The molecular weight excluding hydrogens is 483 g/mol. The van der Waals surface area contributed by atoms with Gasteiger partial charge in [0.25, 0.3) is 15.6 Å². The molecule has 1 aromatic carbocycles. The molecule has 12 heteroatoms. The van der Waals surface area contributed by atoms with E-state index in [9.17, 15) is 18.0 Å². The van der Waals surface area contributed by atoms with Gasteiger partial charge in [0.05, 0.1) is 16.2 Å². The summed E-state index contributed by atoms with van der Waals surface area (Å²) in [6.07, 6.45) is 2.89. The molecule has 3 heterocycles. The molecule has 3 aromatic heterocycles. The number of carbonyl (C=O) groups excluding carboxylic acids is 1. The average molecular weight is 495 g/mol. The smallest absolute Gasteiger partial charge is 0.306 e. The number of carbonyl (C=O) groups is 1. The lowest BCUT2D eigenvalue weighted by Crippen LogP contribution is -2.34. The highest BCUT2D eigenvalue weighted by Gasteiger charge is 2.20. The van der Waals surface area contributed by atoms with Gasteiger partial charge in [-0.3, -0.25) is 9.36 Å². The SMILES string of the molecule is O=C(Nc1ccc(-n2ccc3ccc(Cl)cc3c2=O)nc1)NS(=O)(=O)c1ccc(Cl)s1. The van der Waals surface area contributed by atoms with Crippen LogP contribution in [0.15, 0.2) is 69.9 Å². The van der Waals surface area contributed by atoms with Crippen molar-refractivity contribution in [3.05, 3.63) is 80.6 Å². The van der Waals surface area contributed by atoms with E-state index in [1.54, 1.807) is 30.5 Å². The topological polar surface area (TPSA) is 110 Å². The van der Waals surface area contributed by atoms with Gasteiger partial charge in [-0.15, -0.1) is 11.3 Å². The standard InChI is InChI=1S/C19H12Cl2N4O4S2/c20-12-2-1-11-7-8-25(18(26)14(11)9-12)16-5-3-13(10-22-16)23-19(27)24-31(28,29)17-6-4-15(21)30-17/h1-10H,(H2,23,24,27). The van der Waals surface area contributed by atoms with Crippen molar-refractivity contribution >= 4 is 67.1 Å². The molecule has 2 N–H and O–H groups in total. The van der Waals surface area contributed by atoms with E-state index < -0.39 is 16.1 Å². The third-order valence-electron chi connectivity index (χ3n) is 4.16. The van der Waals surface area contributed by atoms with Crippen molar-refractivity contribution in [1.29, 1.82) is 0 Å². The second-order valence-electron chi connectivity index (χ2n) is 6.25. The molecule has 4 rings (SSSR count). The highest BCUT2D eigenvalue weighted by molar-refractivity contribution is 7.92. The summed E-state index contributed by atoms with van der Waals surface area (Å²) >= 11 is 12.5. The number of rotatable bonds is 4. The van der Waals surface area contributed by atoms with Gasteiger partial charge in [-0.05, 0) is 47.9 Å². The van der Waals surface area contributed by atoms with E-state index in [4.69, 9.17) is 23.2 Å². The summed E-state index contributed by atoms with van der Waals surface area (Å²) in [4.78, 5) is 29.0. The van der Waals surface area contributed by atoms with E-state index in [0.29, 0.717) is 16.2 Å². The number of aromatic nitrogens is 2. The summed E-state index contributed by atoms with van der Waals surface area (Å²) in [7, 11) is -4.04. The number of hydrogen-bond acceptors (Lipinski definition) is 6. The van der Waals surface area contributed by atoms with Gasteiger partial charge in [0, 0.05) is 16.6 Å². The Morgan fingerprint density at radius 3 is 2.55 bits per heavy atom. The number of halogens is 2. The van der Waals surface area contributed by atoms with Crippen LogP contribution in [0, 0.1) is 0 Å². The van der Waals surface area contributed by atoms with Gasteiger partial charge in [0.2, 0.25) is 0 Å². The fourth-order valence-corrected chi connectivity index (χ4v) is 5.33. The van der Waals surface area contributed by atoms with Crippen LogP contribution < -0.4 is 15.6 Å². The summed E-state index contributed by atoms with van der Waals surface area (Å²) in [5, 5.41) is 4.01. The van der Waals surface area contributed by atoms with Gasteiger partial charge >= 0.3 is 6.03 Å². The number of benzene rings is 1. The van der Waals surface area contributed by atoms with Gasteiger partial charge in [0.1, 0.15) is 10.0 Å². The van der Waals surface area contributed by atoms with Crippen LogP contribution in [0.5, 0.6) is 0 Å². The van der Waals surface area contributed by atoms with Crippen LogP contribution in [0.3, 0.4) is 0 Å². The largest absolute Gasteiger partial charge is 0.333 e. The van der Waals surface area contributed by atoms with Crippen molar-refractivity contribution in [3.8, 4) is 5.82 Å². The maximum absolute atomic E-state index is 12.7. The number of nitrogens with one attached hydrogen (secondary N) is 2. The zero-order valence-electron chi connectivity index (χ0n) is 15.4. The first-order valence-corrected chi connectivity index (χ1v) is 11.6. The van der Waals surface area contributed by atoms with Gasteiger partial charge in [-0.1, -0.05) is 29.3 Å². The summed E-state index contributed by atoms with van der Waals surface area (Å²) in [6, 6.07) is 11.6. The van der Waals surface area contributed by atoms with Crippen LogP contribution in [0.4, 0.5) is 10.5 Å². The fourth-order valence-electron chi connectivity index (χ4n) is 2.77. The van der Waals surface area contributed by atoms with Crippen molar-refractivity contribution in [2.45, 2.75) is 4.21 Å². The van der Waals surface area contributed by atoms with E-state index in [1.165, 1.54) is 35.0 Å². The highest BCUT2D eigenvalue weighted by Crippen LogP contribution is 2.25. The van der Waals surface area contributed by atoms with Crippen LogP contribution in [-0.2, 0) is 10.0 Å². The molecule has 0 aliphatic carbocycles. The van der Waals surface area contributed by atoms with E-state index in [-0.39, 0.29) is 19.8 Å². The normalized spacial score (nSPS) is 11.4. The fraction of sp³-hybridized carbons (Fsp3) is 0. The van der Waals surface area contributed by atoms with Crippen molar-refractivity contribution in [1.82, 2.24) is 14.3 Å². The molecule has 0 saturated carbocycles. The molecule has 0 bridgehead atoms. The quantitative estimate of drug-likeness (QED) is 0.440. The van der Waals surface area contributed by atoms with Gasteiger partial charge in [0.15, 0.2) is 0 Å². The first-order valence-electron chi connectivity index (χ1n) is 8.59. The minimum atomic E-state index is -4.04. The second kappa shape index (κ2) is 8.31. The maximum Gasteiger partial charge on any atom is 0.333 e. The Morgan fingerprint density at radius 1 is 1.06 bits per heavy atom. The molecule has 0 fully saturated rings. The molecule has 8 nitrogen and oxygen atoms in total. The van der Waals surface area contributed by atoms with Crippen LogP contribution >= 0.6 is 34.5 Å². The molecule has 0 radical (unpaired) electrons. The van der Waals surface area contributed by atoms with Crippen molar-refractivity contribution < 1.29 is 13.2 Å². The lowest BCUT2D eigenvalue weighted by Gasteiger charge is -2.09. The number of nitrogens with zero attached hydrogens (tertiary/aromatic N) is 2. The number of anilines is 1. The Balaban J connectivity index is 1.52. The summed E-state index contributed by atoms with van der Waals surface area (Å²) in [6.45, 7) is 0. The van der Waals surface area contributed by atoms with E-state index >= 15 is 0 Å². The lowest BCUT2D eigenvalue weighted by atomic mass is 10.2. The zero-order valence-corrected chi connectivity index (χ0v) is 18.5. The number of thiophene rings is 1. The lowest BCUT2D eigenvalue weighted by molar-refractivity contribution is 0.256. The first-order chi connectivity index (χ1) is 14.7. The Hall–Kier alpha value is -2.92. The predicted octanol–water partition coefficient (Wildman–Crippen LogP) is 4.26. The third-order valence-corrected chi connectivity index (χ3v) is 7.45. The molecule has 0 atom stereocenters. The molecule has 0 unspecified atom stereocenters. The number of pyridine rings is 2. The number of urea groups is 1. The summed E-state index contributed by atoms with van der Waals surface area (Å²) in [5.74, 6) is 0.318. The monoisotopic (exact) mass is 494 g/mol. The second-order valence-corrected chi connectivity index (χ2v) is 10.3. The molecule has 158 valence electrons. The van der Waals surface area contributed by atoms with Crippen molar-refractivity contribution in [2.75, 3.05) is 5.32 Å². The minimum Gasteiger partial charge on any atom is -0.306 e. The Bertz CT molecular complexity index is 1460. The third kappa shape index (κ3) is 4.57. The summed E-state index contributed by atoms with van der Waals surface area (Å²) in [5.41, 5.74) is -0.0656. The first kappa shape index (κ1) is 21.3. The Labute approximate surface area is 190 Å². The molecule has 2 amide bonds. The molecule has 0 spiro atoms. The molecule has 31 heavy (non-hydrogen) atoms. The van der Waals surface area contributed by atoms with Crippen molar-refractivity contribution in [3.63, 3.8) is 0 Å². The van der Waals surface area contributed by atoms with Gasteiger partial charge < -0.3 is 5.32 Å². The maximum atomic E-state index is 12.7. The Morgan fingerprint density at radius 2 is 1.87 bits per heavy atom. The molecular formula is C19H12Cl2N4O4S2. The number of hydrogen-bond donors (Lipinski definition) is 2. The minimum absolute atomic E-state index is 0.0862. The predicted molar refractivity (Wildman–Crippen MR) is 121 cm³/mol. The van der Waals surface area contributed by atoms with Crippen LogP contribution in [0.25, 0.3) is 16.6 Å². The van der Waals surface area contributed by atoms with Gasteiger partial charge in [-0.2, -0.15) is 0 Å². The number of amides is 2. The molecule has 4 aromatic rings. The van der Waals surface area contributed by atoms with Crippen molar-refractivity contribution in [2.24, 2.45) is 0 Å². The van der Waals surface area contributed by atoms with E-state index in [0.717, 1.165) is 16.7 Å². The molecule has 0 saturated heterocycles. The summed E-state index contributed by atoms with van der Waals surface area (Å²) < 4.78 is 27.8. The Kier molecular flexibility index (Phi) is 5.71. The van der Waals surface area contributed by atoms with Crippen LogP contribution in [0.2, 0.25) is 9.36 Å². The van der Waals surface area contributed by atoms with E-state index in [2.05, 4.69) is 10.3 Å². The molecule has 0 aliphatic rings. The number of fused-ring (bicyclic) bond motifs is 1. The van der Waals surface area contributed by atoms with Crippen LogP contribution in [-0.4, -0.2) is 24.0 Å². The zero-order chi connectivity index (χ0) is 22.2. The van der Waals surface area contributed by atoms with E-state index in [1.807, 2.05) is 4.72 Å². The van der Waals surface area contributed by atoms with Crippen LogP contribution in [0.1, 0.15) is 0 Å².